The molecular weight excluding hydrogens is 584 g/mol. The second kappa shape index (κ2) is 12.9. The zero-order valence-corrected chi connectivity index (χ0v) is 24.1. The number of amidine groups is 1. The summed E-state index contributed by atoms with van der Waals surface area (Å²) in [7, 11) is 0. The van der Waals surface area contributed by atoms with Crippen molar-refractivity contribution in [3.8, 4) is 22.8 Å². The van der Waals surface area contributed by atoms with Gasteiger partial charge >= 0.3 is 12.4 Å². The van der Waals surface area contributed by atoms with E-state index in [-0.39, 0.29) is 12.3 Å². The largest absolute Gasteiger partial charge is 0.573 e. The van der Waals surface area contributed by atoms with Crippen LogP contribution in [-0.4, -0.2) is 51.2 Å². The molecule has 1 aliphatic heterocycles. The summed E-state index contributed by atoms with van der Waals surface area (Å²) in [5.41, 5.74) is 4.69. The van der Waals surface area contributed by atoms with E-state index in [0.29, 0.717) is 27.8 Å². The van der Waals surface area contributed by atoms with Gasteiger partial charge in [0.2, 0.25) is 0 Å². The number of anilines is 1. The normalized spacial score (nSPS) is 15.4. The maximum atomic E-state index is 15.0. The third-order valence-electron chi connectivity index (χ3n) is 6.68. The molecule has 224 valence electrons. The third-order valence-corrected chi connectivity index (χ3v) is 7.75. The number of amides is 2. The lowest BCUT2D eigenvalue weighted by molar-refractivity contribution is -0.274. The van der Waals surface area contributed by atoms with Crippen LogP contribution in [0.4, 0.5) is 28.0 Å². The van der Waals surface area contributed by atoms with Crippen molar-refractivity contribution in [1.29, 1.82) is 0 Å². The number of aromatic nitrogens is 3. The van der Waals surface area contributed by atoms with Gasteiger partial charge in [0.25, 0.3) is 0 Å². The van der Waals surface area contributed by atoms with E-state index in [9.17, 15) is 18.0 Å². The number of ether oxygens (including phenoxy) is 1. The first-order valence-corrected chi connectivity index (χ1v) is 14.4. The van der Waals surface area contributed by atoms with E-state index in [2.05, 4.69) is 30.0 Å². The Morgan fingerprint density at radius 3 is 2.44 bits per heavy atom. The number of hydrogen-bond donors (Lipinski definition) is 1. The predicted octanol–water partition coefficient (Wildman–Crippen LogP) is 7.17. The highest BCUT2D eigenvalue weighted by atomic mass is 32.2. The Morgan fingerprint density at radius 2 is 1.77 bits per heavy atom. The van der Waals surface area contributed by atoms with Gasteiger partial charge < -0.3 is 15.0 Å². The van der Waals surface area contributed by atoms with Crippen molar-refractivity contribution in [2.45, 2.75) is 32.8 Å². The van der Waals surface area contributed by atoms with Crippen LogP contribution in [-0.2, 0) is 0 Å². The molecular formula is C30H28F4N6O2S. The molecule has 1 atom stereocenters. The number of halogens is 4. The summed E-state index contributed by atoms with van der Waals surface area (Å²) in [4.78, 5) is 23.2. The lowest BCUT2D eigenvalue weighted by Gasteiger charge is -2.31. The molecule has 1 N–H and O–H groups in total. The summed E-state index contributed by atoms with van der Waals surface area (Å²) in [5.74, 6) is 0.853. The molecule has 43 heavy (non-hydrogen) atoms. The molecule has 4 aromatic rings. The molecule has 3 aromatic carbocycles. The maximum absolute atomic E-state index is 15.0. The molecule has 0 bridgehead atoms. The average molecular weight is 613 g/mol. The zero-order valence-electron chi connectivity index (χ0n) is 23.3. The van der Waals surface area contributed by atoms with Crippen LogP contribution < -0.4 is 15.0 Å². The van der Waals surface area contributed by atoms with Crippen LogP contribution >= 0.6 is 11.8 Å². The molecule has 0 spiro atoms. The van der Waals surface area contributed by atoms with Crippen LogP contribution in [0.25, 0.3) is 17.1 Å². The molecule has 1 aliphatic rings. The quantitative estimate of drug-likeness (QED) is 0.223. The number of para-hydroxylation sites is 1. The molecule has 0 radical (unpaired) electrons. The van der Waals surface area contributed by atoms with Crippen molar-refractivity contribution in [3.05, 3.63) is 89.7 Å². The molecule has 13 heteroatoms. The Balaban J connectivity index is 1.19. The first kappa shape index (κ1) is 30.1. The van der Waals surface area contributed by atoms with Crippen molar-refractivity contribution in [1.82, 2.24) is 20.1 Å². The number of rotatable bonds is 7. The zero-order chi connectivity index (χ0) is 30.6. The van der Waals surface area contributed by atoms with Gasteiger partial charge in [-0.2, -0.15) is 4.99 Å². The van der Waals surface area contributed by atoms with Gasteiger partial charge in [-0.1, -0.05) is 54.2 Å². The fourth-order valence-corrected chi connectivity index (χ4v) is 5.62. The number of thioether (sulfide) groups is 1. The highest BCUT2D eigenvalue weighted by Gasteiger charge is 2.31. The summed E-state index contributed by atoms with van der Waals surface area (Å²) in [5, 5.41) is 7.52. The van der Waals surface area contributed by atoms with E-state index in [0.717, 1.165) is 35.5 Å². The fourth-order valence-electron chi connectivity index (χ4n) is 4.67. The molecule has 8 nitrogen and oxygen atoms in total. The Labute approximate surface area is 249 Å². The fraction of sp³-hybridized carbons (Fsp3) is 0.267. The molecule has 1 unspecified atom stereocenters. The summed E-state index contributed by atoms with van der Waals surface area (Å²) in [6, 6.07) is 17.1. The van der Waals surface area contributed by atoms with Gasteiger partial charge in [-0.15, -0.1) is 18.3 Å². The van der Waals surface area contributed by atoms with E-state index in [4.69, 9.17) is 0 Å². The Bertz CT molecular complexity index is 1590. The maximum Gasteiger partial charge on any atom is 0.573 e. The summed E-state index contributed by atoms with van der Waals surface area (Å²) in [6.45, 7) is 4.56. The standard InChI is InChI=1S/C30H28F4N6O2S/c1-19-5-3-6-20(2)26(19)39-15-4-16-43-29(39)37-28(41)35-17-25(31)21-7-9-22(10-8-21)27-36-18-40(38-27)23-11-13-24(14-12-23)42-30(32,33)34/h3,5-14,18,25H,4,15-17H2,1-2H3,(H,35,41). The Morgan fingerprint density at radius 1 is 1.07 bits per heavy atom. The number of nitrogens with one attached hydrogen (secondary N) is 1. The van der Waals surface area contributed by atoms with Gasteiger partial charge in [0.1, 0.15) is 18.2 Å². The minimum Gasteiger partial charge on any atom is -0.406 e. The number of hydrogen-bond acceptors (Lipinski definition) is 5. The lowest BCUT2D eigenvalue weighted by atomic mass is 10.1. The van der Waals surface area contributed by atoms with Crippen molar-refractivity contribution < 1.29 is 27.1 Å². The first-order chi connectivity index (χ1) is 20.6. The van der Waals surface area contributed by atoms with Crippen molar-refractivity contribution in [2.24, 2.45) is 4.99 Å². The number of nitrogens with zero attached hydrogens (tertiary/aromatic N) is 5. The summed E-state index contributed by atoms with van der Waals surface area (Å²) < 4.78 is 57.5. The second-order valence-electron chi connectivity index (χ2n) is 9.82. The Kier molecular flexibility index (Phi) is 9.00. The third kappa shape index (κ3) is 7.53. The molecule has 0 aliphatic carbocycles. The highest BCUT2D eigenvalue weighted by Crippen LogP contribution is 2.31. The SMILES string of the molecule is Cc1cccc(C)c1N1CCCSC1=NC(=O)NCC(F)c1ccc(-c2ncn(-c3ccc(OC(F)(F)F)cc3)n2)cc1. The summed E-state index contributed by atoms with van der Waals surface area (Å²) >= 11 is 1.51. The van der Waals surface area contributed by atoms with Crippen LogP contribution in [0.2, 0.25) is 0 Å². The van der Waals surface area contributed by atoms with E-state index >= 15 is 4.39 Å². The van der Waals surface area contributed by atoms with Crippen LogP contribution in [0.1, 0.15) is 29.3 Å². The number of aryl methyl sites for hydroxylation is 2. The molecule has 0 saturated carbocycles. The lowest BCUT2D eigenvalue weighted by Crippen LogP contribution is -2.37. The minimum absolute atomic E-state index is 0.246. The van der Waals surface area contributed by atoms with E-state index in [1.165, 1.54) is 47.0 Å². The molecule has 5 rings (SSSR count). The number of urea groups is 1. The van der Waals surface area contributed by atoms with Crippen molar-refractivity contribution in [3.63, 3.8) is 0 Å². The summed E-state index contributed by atoms with van der Waals surface area (Å²) in [6.07, 6.45) is -3.85. The minimum atomic E-state index is -4.77. The number of benzene rings is 3. The number of carbonyl (C=O) groups is 1. The van der Waals surface area contributed by atoms with Crippen LogP contribution in [0.5, 0.6) is 5.75 Å². The van der Waals surface area contributed by atoms with Crippen LogP contribution in [0.3, 0.4) is 0 Å². The number of alkyl halides is 4. The molecule has 2 amide bonds. The first-order valence-electron chi connectivity index (χ1n) is 13.4. The predicted molar refractivity (Wildman–Crippen MR) is 158 cm³/mol. The van der Waals surface area contributed by atoms with E-state index in [1.54, 1.807) is 24.3 Å². The van der Waals surface area contributed by atoms with Gasteiger partial charge in [0, 0.05) is 23.5 Å². The Hall–Kier alpha value is -4.39. The van der Waals surface area contributed by atoms with Gasteiger partial charge in [0.05, 0.1) is 12.2 Å². The van der Waals surface area contributed by atoms with Crippen molar-refractivity contribution in [2.75, 3.05) is 23.7 Å². The molecule has 1 fully saturated rings. The smallest absolute Gasteiger partial charge is 0.406 e. The monoisotopic (exact) mass is 612 g/mol. The van der Waals surface area contributed by atoms with Gasteiger partial charge in [-0.05, 0) is 61.2 Å². The topological polar surface area (TPSA) is 84.6 Å². The highest BCUT2D eigenvalue weighted by molar-refractivity contribution is 8.14. The molecule has 1 saturated heterocycles. The van der Waals surface area contributed by atoms with E-state index < -0.39 is 18.6 Å². The van der Waals surface area contributed by atoms with Gasteiger partial charge in [0.15, 0.2) is 11.0 Å². The molecule has 2 heterocycles. The number of carbonyl (C=O) groups excluding carboxylic acids is 1. The van der Waals surface area contributed by atoms with Crippen molar-refractivity contribution >= 4 is 28.6 Å². The molecule has 1 aromatic heterocycles. The van der Waals surface area contributed by atoms with Crippen LogP contribution in [0, 0.1) is 13.8 Å². The van der Waals surface area contributed by atoms with Gasteiger partial charge in [-0.25, -0.2) is 18.9 Å². The average Bonchev–Trinajstić information content (AvgIpc) is 3.47. The second-order valence-corrected chi connectivity index (χ2v) is 10.9. The van der Waals surface area contributed by atoms with Gasteiger partial charge in [-0.3, -0.25) is 0 Å². The number of aliphatic imine (C=N–C) groups is 1. The van der Waals surface area contributed by atoms with Crippen LogP contribution in [0.15, 0.2) is 78.0 Å². The van der Waals surface area contributed by atoms with E-state index in [1.807, 2.05) is 32.0 Å².